The van der Waals surface area contributed by atoms with Gasteiger partial charge in [0.15, 0.2) is 5.69 Å². The van der Waals surface area contributed by atoms with Crippen molar-refractivity contribution in [3.8, 4) is 5.69 Å². The maximum absolute atomic E-state index is 13.0. The number of rotatable bonds is 6. The molecule has 0 radical (unpaired) electrons. The summed E-state index contributed by atoms with van der Waals surface area (Å²) >= 11 is 6.18. The van der Waals surface area contributed by atoms with Gasteiger partial charge in [0.1, 0.15) is 0 Å². The zero-order valence-electron chi connectivity index (χ0n) is 16.2. The van der Waals surface area contributed by atoms with Crippen LogP contribution in [0.1, 0.15) is 46.1 Å². The van der Waals surface area contributed by atoms with Crippen molar-refractivity contribution in [1.82, 2.24) is 15.0 Å². The van der Waals surface area contributed by atoms with Gasteiger partial charge in [-0.2, -0.15) is 0 Å². The van der Waals surface area contributed by atoms with Crippen LogP contribution in [0.3, 0.4) is 0 Å². The Morgan fingerprint density at radius 1 is 1.24 bits per heavy atom. The maximum Gasteiger partial charge on any atom is 0.278 e. The second-order valence-electron chi connectivity index (χ2n) is 7.32. The van der Waals surface area contributed by atoms with Gasteiger partial charge in [-0.3, -0.25) is 9.00 Å². The minimum atomic E-state index is -1.03. The first kappa shape index (κ1) is 19.8. The standard InChI is InChI=1S/C21H21ClN4O2S/c1-13-3-8-17(9-4-13)26-20(14-5-6-14)19(24-25-26)21(27)23-16-7-10-18(22)15(11-16)12-29(2)28/h3-4,7-11,14H,5-6,12H2,1-2H3,(H,23,27). The predicted octanol–water partition coefficient (Wildman–Crippen LogP) is 4.24. The Labute approximate surface area is 176 Å². The zero-order valence-corrected chi connectivity index (χ0v) is 17.8. The van der Waals surface area contributed by atoms with Crippen molar-refractivity contribution in [1.29, 1.82) is 0 Å². The third kappa shape index (κ3) is 4.41. The smallest absolute Gasteiger partial charge is 0.278 e. The first-order chi connectivity index (χ1) is 13.9. The summed E-state index contributed by atoms with van der Waals surface area (Å²) < 4.78 is 13.3. The fourth-order valence-corrected chi connectivity index (χ4v) is 4.16. The topological polar surface area (TPSA) is 76.9 Å². The van der Waals surface area contributed by atoms with Gasteiger partial charge in [0.2, 0.25) is 0 Å². The normalized spacial score (nSPS) is 14.6. The lowest BCUT2D eigenvalue weighted by Crippen LogP contribution is -2.15. The number of amides is 1. The number of aryl methyl sites for hydroxylation is 1. The van der Waals surface area contributed by atoms with E-state index in [9.17, 15) is 9.00 Å². The van der Waals surface area contributed by atoms with Crippen LogP contribution in [0.4, 0.5) is 5.69 Å². The molecule has 0 aliphatic heterocycles. The predicted molar refractivity (Wildman–Crippen MR) is 115 cm³/mol. The highest BCUT2D eigenvalue weighted by Crippen LogP contribution is 2.42. The van der Waals surface area contributed by atoms with E-state index in [-0.39, 0.29) is 11.8 Å². The van der Waals surface area contributed by atoms with E-state index in [0.29, 0.717) is 22.2 Å². The number of aromatic nitrogens is 3. The van der Waals surface area contributed by atoms with E-state index in [1.165, 1.54) is 0 Å². The second kappa shape index (κ2) is 8.08. The monoisotopic (exact) mass is 428 g/mol. The van der Waals surface area contributed by atoms with Crippen molar-refractivity contribution in [2.24, 2.45) is 0 Å². The third-order valence-corrected chi connectivity index (χ3v) is 5.91. The second-order valence-corrected chi connectivity index (χ2v) is 9.17. The van der Waals surface area contributed by atoms with Gasteiger partial charge in [0, 0.05) is 39.4 Å². The highest BCUT2D eigenvalue weighted by molar-refractivity contribution is 7.83. The van der Waals surface area contributed by atoms with Crippen molar-refractivity contribution < 1.29 is 9.00 Å². The summed E-state index contributed by atoms with van der Waals surface area (Å²) in [6.45, 7) is 2.03. The van der Waals surface area contributed by atoms with Crippen LogP contribution in [-0.2, 0) is 16.6 Å². The number of benzene rings is 2. The third-order valence-electron chi connectivity index (χ3n) is 4.82. The van der Waals surface area contributed by atoms with Gasteiger partial charge in [-0.15, -0.1) is 5.10 Å². The summed E-state index contributed by atoms with van der Waals surface area (Å²) in [7, 11) is -1.03. The highest BCUT2D eigenvalue weighted by atomic mass is 35.5. The van der Waals surface area contributed by atoms with Gasteiger partial charge in [0.05, 0.1) is 11.4 Å². The number of nitrogens with zero attached hydrogens (tertiary/aromatic N) is 3. The Balaban J connectivity index is 1.63. The molecule has 1 unspecified atom stereocenters. The fraction of sp³-hybridized carbons (Fsp3) is 0.286. The van der Waals surface area contributed by atoms with Crippen LogP contribution >= 0.6 is 11.6 Å². The van der Waals surface area contributed by atoms with Crippen molar-refractivity contribution in [3.63, 3.8) is 0 Å². The molecule has 1 amide bonds. The van der Waals surface area contributed by atoms with Gasteiger partial charge in [-0.05, 0) is 55.7 Å². The fourth-order valence-electron chi connectivity index (χ4n) is 3.22. The van der Waals surface area contributed by atoms with E-state index < -0.39 is 10.8 Å². The number of hydrogen-bond acceptors (Lipinski definition) is 4. The van der Waals surface area contributed by atoms with Crippen LogP contribution in [0.2, 0.25) is 5.02 Å². The zero-order chi connectivity index (χ0) is 20.5. The van der Waals surface area contributed by atoms with Crippen LogP contribution in [0, 0.1) is 6.92 Å². The molecular weight excluding hydrogens is 408 g/mol. The summed E-state index contributed by atoms with van der Waals surface area (Å²) in [6, 6.07) is 13.2. The minimum Gasteiger partial charge on any atom is -0.321 e. The molecule has 1 N–H and O–H groups in total. The van der Waals surface area contributed by atoms with E-state index in [0.717, 1.165) is 35.3 Å². The molecule has 1 aliphatic carbocycles. The minimum absolute atomic E-state index is 0.287. The molecule has 8 heteroatoms. The van der Waals surface area contributed by atoms with E-state index >= 15 is 0 Å². The molecule has 1 aliphatic rings. The molecule has 0 saturated heterocycles. The van der Waals surface area contributed by atoms with Crippen LogP contribution in [0.15, 0.2) is 42.5 Å². The van der Waals surface area contributed by atoms with Gasteiger partial charge in [-0.1, -0.05) is 34.5 Å². The first-order valence-corrected chi connectivity index (χ1v) is 11.5. The van der Waals surface area contributed by atoms with E-state index in [2.05, 4.69) is 15.6 Å². The van der Waals surface area contributed by atoms with Crippen LogP contribution in [-0.4, -0.2) is 31.4 Å². The molecule has 1 saturated carbocycles. The van der Waals surface area contributed by atoms with Crippen LogP contribution in [0.25, 0.3) is 5.69 Å². The molecule has 0 spiro atoms. The van der Waals surface area contributed by atoms with Gasteiger partial charge in [-0.25, -0.2) is 4.68 Å². The maximum atomic E-state index is 13.0. The van der Waals surface area contributed by atoms with Crippen molar-refractivity contribution in [2.75, 3.05) is 11.6 Å². The van der Waals surface area contributed by atoms with Crippen molar-refractivity contribution in [3.05, 3.63) is 70.0 Å². The van der Waals surface area contributed by atoms with E-state index in [4.69, 9.17) is 11.6 Å². The molecule has 1 atom stereocenters. The van der Waals surface area contributed by atoms with Gasteiger partial charge < -0.3 is 5.32 Å². The van der Waals surface area contributed by atoms with Gasteiger partial charge >= 0.3 is 0 Å². The Bertz CT molecular complexity index is 1090. The number of anilines is 1. The van der Waals surface area contributed by atoms with Crippen molar-refractivity contribution in [2.45, 2.75) is 31.4 Å². The molecule has 1 aromatic heterocycles. The number of hydrogen-bond donors (Lipinski definition) is 1. The molecule has 150 valence electrons. The summed E-state index contributed by atoms with van der Waals surface area (Å²) in [5.41, 5.74) is 4.55. The Morgan fingerprint density at radius 3 is 2.62 bits per heavy atom. The summed E-state index contributed by atoms with van der Waals surface area (Å²) in [5.74, 6) is 0.311. The first-order valence-electron chi connectivity index (χ1n) is 9.35. The molecule has 29 heavy (non-hydrogen) atoms. The number of nitrogens with one attached hydrogen (secondary N) is 1. The lowest BCUT2D eigenvalue weighted by Gasteiger charge is -2.10. The molecule has 2 aromatic carbocycles. The molecule has 3 aromatic rings. The lowest BCUT2D eigenvalue weighted by molar-refractivity contribution is 0.102. The Hall–Kier alpha value is -2.51. The van der Waals surface area contributed by atoms with Gasteiger partial charge in [0.25, 0.3) is 5.91 Å². The van der Waals surface area contributed by atoms with E-state index in [1.807, 2.05) is 31.2 Å². The number of halogens is 1. The Morgan fingerprint density at radius 2 is 1.97 bits per heavy atom. The quantitative estimate of drug-likeness (QED) is 0.637. The van der Waals surface area contributed by atoms with Crippen LogP contribution in [0.5, 0.6) is 0 Å². The number of carbonyl (C=O) groups excluding carboxylic acids is 1. The molecule has 6 nitrogen and oxygen atoms in total. The average Bonchev–Trinajstić information content (AvgIpc) is 3.42. The summed E-state index contributed by atoms with van der Waals surface area (Å²) in [4.78, 5) is 13.0. The average molecular weight is 429 g/mol. The van der Waals surface area contributed by atoms with Crippen LogP contribution < -0.4 is 5.32 Å². The highest BCUT2D eigenvalue weighted by Gasteiger charge is 2.34. The number of carbonyl (C=O) groups is 1. The largest absolute Gasteiger partial charge is 0.321 e. The SMILES string of the molecule is Cc1ccc(-n2nnc(C(=O)Nc3ccc(Cl)c(CS(C)=O)c3)c2C2CC2)cc1. The molecular formula is C21H21ClN4O2S. The lowest BCUT2D eigenvalue weighted by atomic mass is 10.1. The molecule has 4 rings (SSSR count). The molecule has 0 bridgehead atoms. The summed E-state index contributed by atoms with van der Waals surface area (Å²) in [6.07, 6.45) is 3.66. The Kier molecular flexibility index (Phi) is 5.52. The molecule has 1 fully saturated rings. The summed E-state index contributed by atoms with van der Waals surface area (Å²) in [5, 5.41) is 11.9. The van der Waals surface area contributed by atoms with Crippen molar-refractivity contribution >= 4 is 34.0 Å². The molecule has 1 heterocycles. The van der Waals surface area contributed by atoms with E-state index in [1.54, 1.807) is 29.1 Å².